The molecular weight excluding hydrogens is 202 g/mol. The second-order valence-electron chi connectivity index (χ2n) is 5.09. The van der Waals surface area contributed by atoms with Crippen molar-refractivity contribution in [2.24, 2.45) is 11.7 Å². The quantitative estimate of drug-likeness (QED) is 0.750. The fraction of sp³-hybridized carbons (Fsp3) is 0.917. The molecule has 16 heavy (non-hydrogen) atoms. The number of carbonyl (C=O) groups excluding carboxylic acids is 1. The van der Waals surface area contributed by atoms with Gasteiger partial charge in [-0.3, -0.25) is 9.69 Å². The van der Waals surface area contributed by atoms with Crippen LogP contribution in [0.3, 0.4) is 0 Å². The van der Waals surface area contributed by atoms with Crippen molar-refractivity contribution in [1.82, 2.24) is 9.80 Å². The Balaban J connectivity index is 1.70. The average Bonchev–Trinajstić information content (AvgIpc) is 2.50. The van der Waals surface area contributed by atoms with Crippen LogP contribution in [-0.2, 0) is 4.79 Å². The zero-order valence-corrected chi connectivity index (χ0v) is 10.0. The van der Waals surface area contributed by atoms with Crippen LogP contribution >= 0.6 is 0 Å². The predicted molar refractivity (Wildman–Crippen MR) is 64.0 cm³/mol. The van der Waals surface area contributed by atoms with Gasteiger partial charge in [0.1, 0.15) is 0 Å². The number of nitrogens with zero attached hydrogens (tertiary/aromatic N) is 2. The summed E-state index contributed by atoms with van der Waals surface area (Å²) in [5.74, 6) is 0.939. The molecule has 92 valence electrons. The number of likely N-dealkylation sites (tertiary alicyclic amines) is 2. The normalized spacial score (nSPS) is 23.9. The largest absolute Gasteiger partial charge is 0.342 e. The zero-order chi connectivity index (χ0) is 11.4. The lowest BCUT2D eigenvalue weighted by Gasteiger charge is -2.39. The molecule has 4 heteroatoms. The highest BCUT2D eigenvalue weighted by atomic mass is 16.2. The number of hydrogen-bond acceptors (Lipinski definition) is 3. The first-order valence-corrected chi connectivity index (χ1v) is 6.50. The summed E-state index contributed by atoms with van der Waals surface area (Å²) in [5, 5.41) is 0. The molecule has 2 aliphatic heterocycles. The van der Waals surface area contributed by atoms with Crippen LogP contribution in [0.25, 0.3) is 0 Å². The van der Waals surface area contributed by atoms with Crippen LogP contribution in [0.1, 0.15) is 25.7 Å². The summed E-state index contributed by atoms with van der Waals surface area (Å²) in [6, 6.07) is 0. The van der Waals surface area contributed by atoms with Crippen LogP contribution in [0.5, 0.6) is 0 Å². The predicted octanol–water partition coefficient (Wildman–Crippen LogP) is 0.279. The van der Waals surface area contributed by atoms with Crippen molar-refractivity contribution in [2.45, 2.75) is 25.7 Å². The van der Waals surface area contributed by atoms with E-state index in [0.29, 0.717) is 18.4 Å². The van der Waals surface area contributed by atoms with Crippen molar-refractivity contribution in [1.29, 1.82) is 0 Å². The summed E-state index contributed by atoms with van der Waals surface area (Å²) >= 11 is 0. The van der Waals surface area contributed by atoms with Gasteiger partial charge in [-0.05, 0) is 25.3 Å². The maximum absolute atomic E-state index is 12.0. The van der Waals surface area contributed by atoms with Gasteiger partial charge in [-0.2, -0.15) is 0 Å². The summed E-state index contributed by atoms with van der Waals surface area (Å²) in [7, 11) is 0. The van der Waals surface area contributed by atoms with Crippen molar-refractivity contribution < 1.29 is 4.79 Å². The van der Waals surface area contributed by atoms with E-state index in [1.54, 1.807) is 0 Å². The number of amides is 1. The summed E-state index contributed by atoms with van der Waals surface area (Å²) in [5.41, 5.74) is 5.57. The molecule has 0 aromatic heterocycles. The Hall–Kier alpha value is -0.610. The molecule has 0 saturated carbocycles. The second kappa shape index (κ2) is 5.64. The molecule has 0 bridgehead atoms. The first kappa shape index (κ1) is 11.9. The molecule has 2 saturated heterocycles. The SMILES string of the molecule is NCC1CN(CC(=O)N2CCCCCC2)C1. The van der Waals surface area contributed by atoms with Crippen LogP contribution in [-0.4, -0.2) is 55.0 Å². The molecule has 0 unspecified atom stereocenters. The summed E-state index contributed by atoms with van der Waals surface area (Å²) in [4.78, 5) is 16.3. The molecule has 0 aromatic rings. The lowest BCUT2D eigenvalue weighted by atomic mass is 10.0. The van der Waals surface area contributed by atoms with Gasteiger partial charge in [0, 0.05) is 26.2 Å². The number of carbonyl (C=O) groups is 1. The number of hydrogen-bond donors (Lipinski definition) is 1. The fourth-order valence-corrected chi connectivity index (χ4v) is 2.57. The zero-order valence-electron chi connectivity index (χ0n) is 10.0. The smallest absolute Gasteiger partial charge is 0.236 e. The highest BCUT2D eigenvalue weighted by molar-refractivity contribution is 5.78. The Morgan fingerprint density at radius 1 is 1.12 bits per heavy atom. The molecule has 2 fully saturated rings. The van der Waals surface area contributed by atoms with E-state index < -0.39 is 0 Å². The third-order valence-corrected chi connectivity index (χ3v) is 3.68. The summed E-state index contributed by atoms with van der Waals surface area (Å²) < 4.78 is 0. The molecule has 1 amide bonds. The highest BCUT2D eigenvalue weighted by Crippen LogP contribution is 2.15. The van der Waals surface area contributed by atoms with E-state index in [9.17, 15) is 4.79 Å². The van der Waals surface area contributed by atoms with Gasteiger partial charge < -0.3 is 10.6 Å². The Morgan fingerprint density at radius 2 is 1.75 bits per heavy atom. The van der Waals surface area contributed by atoms with Gasteiger partial charge in [0.2, 0.25) is 5.91 Å². The van der Waals surface area contributed by atoms with Gasteiger partial charge in [-0.25, -0.2) is 0 Å². The standard InChI is InChI=1S/C12H23N3O/c13-7-11-8-14(9-11)10-12(16)15-5-3-1-2-4-6-15/h11H,1-10,13H2. The first-order chi connectivity index (χ1) is 7.79. The third kappa shape index (κ3) is 2.95. The molecule has 0 aromatic carbocycles. The molecule has 0 radical (unpaired) electrons. The van der Waals surface area contributed by atoms with Crippen LogP contribution in [0.4, 0.5) is 0 Å². The lowest BCUT2D eigenvalue weighted by molar-refractivity contribution is -0.134. The van der Waals surface area contributed by atoms with Crippen molar-refractivity contribution in [3.63, 3.8) is 0 Å². The molecule has 0 spiro atoms. The van der Waals surface area contributed by atoms with Gasteiger partial charge in [-0.1, -0.05) is 12.8 Å². The van der Waals surface area contributed by atoms with E-state index in [1.165, 1.54) is 25.7 Å². The minimum absolute atomic E-state index is 0.317. The molecular formula is C12H23N3O. The molecule has 2 N–H and O–H groups in total. The van der Waals surface area contributed by atoms with Gasteiger partial charge in [0.05, 0.1) is 6.54 Å². The molecule has 0 atom stereocenters. The van der Waals surface area contributed by atoms with E-state index in [-0.39, 0.29) is 0 Å². The minimum Gasteiger partial charge on any atom is -0.342 e. The Labute approximate surface area is 97.8 Å². The van der Waals surface area contributed by atoms with Crippen LogP contribution in [0, 0.1) is 5.92 Å². The Kier molecular flexibility index (Phi) is 4.18. The maximum Gasteiger partial charge on any atom is 0.236 e. The van der Waals surface area contributed by atoms with Crippen LogP contribution in [0.15, 0.2) is 0 Å². The van der Waals surface area contributed by atoms with E-state index >= 15 is 0 Å². The first-order valence-electron chi connectivity index (χ1n) is 6.50. The van der Waals surface area contributed by atoms with Gasteiger partial charge in [0.25, 0.3) is 0 Å². The number of rotatable bonds is 3. The lowest BCUT2D eigenvalue weighted by Crippen LogP contribution is -2.53. The molecule has 2 aliphatic rings. The van der Waals surface area contributed by atoms with Crippen LogP contribution < -0.4 is 5.73 Å². The van der Waals surface area contributed by atoms with Gasteiger partial charge >= 0.3 is 0 Å². The fourth-order valence-electron chi connectivity index (χ4n) is 2.57. The van der Waals surface area contributed by atoms with E-state index in [1.807, 2.05) is 4.90 Å². The summed E-state index contributed by atoms with van der Waals surface area (Å²) in [6.07, 6.45) is 4.92. The average molecular weight is 225 g/mol. The highest BCUT2D eigenvalue weighted by Gasteiger charge is 2.28. The van der Waals surface area contributed by atoms with Crippen molar-refractivity contribution in [3.05, 3.63) is 0 Å². The summed E-state index contributed by atoms with van der Waals surface area (Å²) in [6.45, 7) is 5.32. The number of nitrogens with two attached hydrogens (primary N) is 1. The van der Waals surface area contributed by atoms with Gasteiger partial charge in [0.15, 0.2) is 0 Å². The Bertz CT molecular complexity index is 230. The molecule has 4 nitrogen and oxygen atoms in total. The third-order valence-electron chi connectivity index (χ3n) is 3.68. The monoisotopic (exact) mass is 225 g/mol. The van der Waals surface area contributed by atoms with E-state index in [0.717, 1.165) is 32.7 Å². The van der Waals surface area contributed by atoms with Crippen molar-refractivity contribution in [2.75, 3.05) is 39.3 Å². The minimum atomic E-state index is 0.317. The van der Waals surface area contributed by atoms with Crippen molar-refractivity contribution in [3.8, 4) is 0 Å². The second-order valence-corrected chi connectivity index (χ2v) is 5.09. The maximum atomic E-state index is 12.0. The molecule has 2 heterocycles. The molecule has 2 rings (SSSR count). The topological polar surface area (TPSA) is 49.6 Å². The van der Waals surface area contributed by atoms with E-state index in [2.05, 4.69) is 4.90 Å². The molecule has 0 aliphatic carbocycles. The van der Waals surface area contributed by atoms with Gasteiger partial charge in [-0.15, -0.1) is 0 Å². The Morgan fingerprint density at radius 3 is 2.31 bits per heavy atom. The van der Waals surface area contributed by atoms with E-state index in [4.69, 9.17) is 5.73 Å². The van der Waals surface area contributed by atoms with Crippen molar-refractivity contribution >= 4 is 5.91 Å². The van der Waals surface area contributed by atoms with Crippen LogP contribution in [0.2, 0.25) is 0 Å².